The van der Waals surface area contributed by atoms with Crippen molar-refractivity contribution >= 4 is 82.4 Å². The third-order valence-electron chi connectivity index (χ3n) is 10.6. The third kappa shape index (κ3) is 12.0. The van der Waals surface area contributed by atoms with E-state index in [0.717, 1.165) is 29.0 Å². The molecule has 64 heavy (non-hydrogen) atoms. The van der Waals surface area contributed by atoms with Gasteiger partial charge < -0.3 is 44.9 Å². The van der Waals surface area contributed by atoms with Crippen LogP contribution in [0.2, 0.25) is 5.02 Å². The molecule has 20 heteroatoms. The highest BCUT2D eigenvalue weighted by atomic mass is 35.5. The number of nitrogens with one attached hydrogen (secondary N) is 5. The average molecular weight is 918 g/mol. The number of aryl methyl sites for hydroxylation is 1. The molecule has 5 N–H and O–H groups in total. The van der Waals surface area contributed by atoms with E-state index in [1.165, 1.54) is 12.3 Å². The monoisotopic (exact) mass is 917 g/mol. The van der Waals surface area contributed by atoms with E-state index in [9.17, 15) is 28.5 Å². The highest BCUT2D eigenvalue weighted by molar-refractivity contribution is 7.70. The number of ether oxygens (including phenoxy) is 3. The molecule has 5 amide bonds. The van der Waals surface area contributed by atoms with E-state index in [1.54, 1.807) is 32.6 Å². The Labute approximate surface area is 376 Å². The summed E-state index contributed by atoms with van der Waals surface area (Å²) in [5.74, 6) is -1.45. The minimum atomic E-state index is -2.57. The molecule has 0 bridgehead atoms. The van der Waals surface area contributed by atoms with Gasteiger partial charge in [0.05, 0.1) is 68.8 Å². The quantitative estimate of drug-likeness (QED) is 0.0421. The molecule has 3 heterocycles. The van der Waals surface area contributed by atoms with Crippen LogP contribution >= 0.6 is 18.7 Å². The highest BCUT2D eigenvalue weighted by Gasteiger charge is 2.45. The molecule has 0 saturated carbocycles. The van der Waals surface area contributed by atoms with Crippen LogP contribution in [0.1, 0.15) is 44.7 Å². The molecule has 0 radical (unpaired) electrons. The molecule has 0 spiro atoms. The average Bonchev–Trinajstić information content (AvgIpc) is 3.51. The zero-order valence-corrected chi connectivity index (χ0v) is 38.1. The van der Waals surface area contributed by atoms with Crippen LogP contribution in [0.3, 0.4) is 0 Å². The predicted molar refractivity (Wildman–Crippen MR) is 244 cm³/mol. The fourth-order valence-corrected chi connectivity index (χ4v) is 8.50. The number of benzene rings is 3. The van der Waals surface area contributed by atoms with Crippen molar-refractivity contribution in [1.82, 2.24) is 30.4 Å². The fourth-order valence-electron chi connectivity index (χ4n) is 7.21. The molecule has 1 atom stereocenters. The first-order chi connectivity index (χ1) is 30.6. The third-order valence-corrected chi connectivity index (χ3v) is 12.4. The van der Waals surface area contributed by atoms with Gasteiger partial charge in [-0.1, -0.05) is 29.8 Å². The largest absolute Gasteiger partial charge is 0.495 e. The fraction of sp³-hybridized carbons (Fsp3) is 0.386. The molecule has 1 saturated heterocycles. The van der Waals surface area contributed by atoms with E-state index >= 15 is 0 Å². The lowest BCUT2D eigenvalue weighted by atomic mass is 10.0. The minimum absolute atomic E-state index is 0.0214. The SMILES string of the molecule is COc1cc(CCN(C)CCOCCOCCNC(=O)CNc2cccc3c2C(=O)N(C2CCC(=O)NC2=O)C3=O)c(C)cc1Nc1ncc(Cl)c(Nc2ccccc2P(C)(C)=O)n1. The van der Waals surface area contributed by atoms with Gasteiger partial charge in [-0.2, -0.15) is 4.98 Å². The summed E-state index contributed by atoms with van der Waals surface area (Å²) in [5, 5.41) is 15.3. The van der Waals surface area contributed by atoms with E-state index < -0.39 is 36.8 Å². The van der Waals surface area contributed by atoms with Gasteiger partial charge in [0.2, 0.25) is 23.7 Å². The Kier molecular flexibility index (Phi) is 16.1. The molecule has 6 rings (SSSR count). The molecular formula is C44H53ClN9O9P. The molecule has 1 fully saturated rings. The van der Waals surface area contributed by atoms with Gasteiger partial charge in [-0.3, -0.25) is 34.2 Å². The number of carbonyl (C=O) groups excluding carboxylic acids is 5. The first-order valence-electron chi connectivity index (χ1n) is 20.7. The first-order valence-corrected chi connectivity index (χ1v) is 23.7. The van der Waals surface area contributed by atoms with Gasteiger partial charge in [-0.05, 0) is 87.7 Å². The number of hydrogen-bond donors (Lipinski definition) is 5. The number of piperidine rings is 1. The standard InChI is InChI=1S/C44H53ClN9O9P/c1-27-23-33(50-44-48-25-30(45)40(52-44)49-31-10-6-7-12-36(31)64(4,5)60)35(61-3)24-28(27)15-17-53(2)18-20-63-22-21-62-19-16-46-38(56)26-47-32-11-8-9-29-39(32)43(59)54(42(29)58)34-13-14-37(55)51-41(34)57/h6-12,23-25,34,47H,13-22,26H2,1-5H3,(H,46,56)(H,51,55,57)(H2,48,49,50,52). The molecule has 2 aliphatic heterocycles. The van der Waals surface area contributed by atoms with Gasteiger partial charge in [0.1, 0.15) is 24.0 Å². The summed E-state index contributed by atoms with van der Waals surface area (Å²) in [7, 11) is 1.07. The van der Waals surface area contributed by atoms with Crippen molar-refractivity contribution in [1.29, 1.82) is 0 Å². The molecule has 1 aromatic heterocycles. The van der Waals surface area contributed by atoms with Crippen LogP contribution in [0, 0.1) is 6.92 Å². The number of hydrogen-bond acceptors (Lipinski definition) is 15. The van der Waals surface area contributed by atoms with E-state index in [-0.39, 0.29) is 49.6 Å². The van der Waals surface area contributed by atoms with Gasteiger partial charge in [0.25, 0.3) is 11.8 Å². The van der Waals surface area contributed by atoms with Crippen molar-refractivity contribution in [2.24, 2.45) is 0 Å². The van der Waals surface area contributed by atoms with Gasteiger partial charge >= 0.3 is 0 Å². The summed E-state index contributed by atoms with van der Waals surface area (Å²) in [6, 6.07) is 14.9. The molecule has 3 aromatic carbocycles. The number of halogens is 1. The summed E-state index contributed by atoms with van der Waals surface area (Å²) in [5.41, 5.74) is 4.04. The molecule has 340 valence electrons. The number of rotatable bonds is 22. The van der Waals surface area contributed by atoms with Gasteiger partial charge in [0, 0.05) is 37.0 Å². The molecule has 1 unspecified atom stereocenters. The van der Waals surface area contributed by atoms with Gasteiger partial charge in [-0.15, -0.1) is 0 Å². The second-order valence-electron chi connectivity index (χ2n) is 15.6. The molecule has 4 aromatic rings. The number of nitrogens with zero attached hydrogens (tertiary/aromatic N) is 4. The van der Waals surface area contributed by atoms with Crippen LogP contribution in [0.4, 0.5) is 28.8 Å². The van der Waals surface area contributed by atoms with E-state index in [4.69, 9.17) is 25.8 Å². The van der Waals surface area contributed by atoms with Crippen molar-refractivity contribution in [3.05, 3.63) is 88.1 Å². The maximum atomic E-state index is 13.3. The lowest BCUT2D eigenvalue weighted by Crippen LogP contribution is -2.54. The predicted octanol–water partition coefficient (Wildman–Crippen LogP) is 4.32. The van der Waals surface area contributed by atoms with E-state index in [1.807, 2.05) is 50.4 Å². The van der Waals surface area contributed by atoms with Crippen LogP contribution < -0.4 is 36.6 Å². The Morgan fingerprint density at radius 3 is 2.45 bits per heavy atom. The van der Waals surface area contributed by atoms with Crippen LogP contribution in [-0.4, -0.2) is 135 Å². The summed E-state index contributed by atoms with van der Waals surface area (Å²) >= 11 is 6.45. The van der Waals surface area contributed by atoms with Crippen molar-refractivity contribution in [3.63, 3.8) is 0 Å². The second kappa shape index (κ2) is 21.6. The number of amides is 5. The van der Waals surface area contributed by atoms with Crippen LogP contribution in [0.5, 0.6) is 5.75 Å². The van der Waals surface area contributed by atoms with Crippen molar-refractivity contribution < 1.29 is 42.7 Å². The van der Waals surface area contributed by atoms with Crippen LogP contribution in [-0.2, 0) is 34.8 Å². The smallest absolute Gasteiger partial charge is 0.264 e. The summed E-state index contributed by atoms with van der Waals surface area (Å²) in [6.45, 7) is 8.56. The number of imide groups is 2. The maximum absolute atomic E-state index is 13.3. The number of likely N-dealkylation sites (N-methyl/N-ethyl adjacent to an activating group) is 1. The summed E-state index contributed by atoms with van der Waals surface area (Å²) in [4.78, 5) is 74.8. The zero-order valence-electron chi connectivity index (χ0n) is 36.4. The molecule has 18 nitrogen and oxygen atoms in total. The molecule has 2 aliphatic rings. The number of aromatic nitrogens is 2. The van der Waals surface area contributed by atoms with Gasteiger partial charge in [-0.25, -0.2) is 4.98 Å². The van der Waals surface area contributed by atoms with Crippen molar-refractivity contribution in [2.75, 3.05) is 96.0 Å². The Balaban J connectivity index is 0.862. The number of carbonyl (C=O) groups is 5. The number of para-hydroxylation sites is 1. The minimum Gasteiger partial charge on any atom is -0.495 e. The van der Waals surface area contributed by atoms with Gasteiger partial charge in [0.15, 0.2) is 5.82 Å². The van der Waals surface area contributed by atoms with Crippen LogP contribution in [0.25, 0.3) is 0 Å². The highest BCUT2D eigenvalue weighted by Crippen LogP contribution is 2.39. The van der Waals surface area contributed by atoms with E-state index in [0.29, 0.717) is 71.3 Å². The summed E-state index contributed by atoms with van der Waals surface area (Å²) < 4.78 is 30.0. The number of methoxy groups -OCH3 is 1. The number of anilines is 5. The lowest BCUT2D eigenvalue weighted by Gasteiger charge is -2.27. The number of fused-ring (bicyclic) bond motifs is 1. The van der Waals surface area contributed by atoms with E-state index in [2.05, 4.69) is 41.5 Å². The maximum Gasteiger partial charge on any atom is 0.264 e. The molecule has 0 aliphatic carbocycles. The van der Waals surface area contributed by atoms with Crippen molar-refractivity contribution in [2.45, 2.75) is 32.2 Å². The summed E-state index contributed by atoms with van der Waals surface area (Å²) in [6.07, 6.45) is 2.35. The zero-order chi connectivity index (χ0) is 46.0. The van der Waals surface area contributed by atoms with Crippen LogP contribution in [0.15, 0.2) is 60.8 Å². The normalized spacial score (nSPS) is 15.0. The lowest BCUT2D eigenvalue weighted by molar-refractivity contribution is -0.136. The first kappa shape index (κ1) is 47.6. The Morgan fingerprint density at radius 1 is 0.953 bits per heavy atom. The molecular weight excluding hydrogens is 865 g/mol. The Hall–Kier alpha value is -5.91. The Bertz CT molecular complexity index is 2450. The van der Waals surface area contributed by atoms with Crippen molar-refractivity contribution in [3.8, 4) is 5.75 Å². The Morgan fingerprint density at radius 2 is 1.70 bits per heavy atom. The second-order valence-corrected chi connectivity index (χ2v) is 19.2. The topological polar surface area (TPSA) is 223 Å².